The second-order valence-electron chi connectivity index (χ2n) is 4.22. The highest BCUT2D eigenvalue weighted by atomic mass is 15.1. The topological polar surface area (TPSA) is 3.24 Å². The molecule has 0 saturated carbocycles. The van der Waals surface area contributed by atoms with Gasteiger partial charge < -0.3 is 4.90 Å². The van der Waals surface area contributed by atoms with Crippen molar-refractivity contribution in [2.45, 2.75) is 19.8 Å². The highest BCUT2D eigenvalue weighted by Crippen LogP contribution is 2.25. The summed E-state index contributed by atoms with van der Waals surface area (Å²) in [5, 5.41) is 0. The Bertz CT molecular complexity index is 298. The lowest BCUT2D eigenvalue weighted by Gasteiger charge is -2.33. The number of hydrogen-bond donors (Lipinski definition) is 0. The number of anilines is 1. The average molecular weight is 188 g/mol. The molecule has 1 aliphatic heterocycles. The van der Waals surface area contributed by atoms with Crippen molar-refractivity contribution in [3.05, 3.63) is 36.8 Å². The lowest BCUT2D eigenvalue weighted by Crippen LogP contribution is -2.33. The molecule has 1 nitrogen and oxygen atoms in total. The van der Waals surface area contributed by atoms with E-state index >= 15 is 0 Å². The molecule has 1 heterocycles. The molecule has 1 aliphatic rings. The largest absolute Gasteiger partial charge is 0.371 e. The lowest BCUT2D eigenvalue weighted by molar-refractivity contribution is 0.475. The molecule has 14 heavy (non-hydrogen) atoms. The minimum Gasteiger partial charge on any atom is -0.371 e. The molecular formula is C13H18N. The van der Waals surface area contributed by atoms with Gasteiger partial charge in [-0.05, 0) is 37.3 Å². The standard InChI is InChI=1S/C13H18N/c1-11-7-9-14(10-8-11)13-6-4-3-5-12(13)2/h3-6,11H,1,7-10H2,2H3. The van der Waals surface area contributed by atoms with Gasteiger partial charge in [-0.2, -0.15) is 0 Å². The third-order valence-electron chi connectivity index (χ3n) is 3.07. The maximum absolute atomic E-state index is 4.12. The second kappa shape index (κ2) is 4.04. The zero-order valence-electron chi connectivity index (χ0n) is 8.87. The van der Waals surface area contributed by atoms with Crippen LogP contribution in [0.15, 0.2) is 24.3 Å². The van der Waals surface area contributed by atoms with E-state index in [-0.39, 0.29) is 0 Å². The zero-order valence-corrected chi connectivity index (χ0v) is 8.87. The van der Waals surface area contributed by atoms with Crippen molar-refractivity contribution in [3.8, 4) is 0 Å². The third kappa shape index (κ3) is 1.92. The van der Waals surface area contributed by atoms with Gasteiger partial charge in [0.1, 0.15) is 0 Å². The molecule has 0 amide bonds. The number of para-hydroxylation sites is 1. The number of rotatable bonds is 1. The monoisotopic (exact) mass is 188 g/mol. The van der Waals surface area contributed by atoms with Gasteiger partial charge >= 0.3 is 0 Å². The highest BCUT2D eigenvalue weighted by molar-refractivity contribution is 5.53. The quantitative estimate of drug-likeness (QED) is 0.654. The van der Waals surface area contributed by atoms with Gasteiger partial charge in [-0.1, -0.05) is 25.1 Å². The van der Waals surface area contributed by atoms with E-state index in [1.54, 1.807) is 0 Å². The van der Waals surface area contributed by atoms with Gasteiger partial charge in [0.2, 0.25) is 0 Å². The summed E-state index contributed by atoms with van der Waals surface area (Å²) in [5.74, 6) is 0.662. The molecule has 1 fully saturated rings. The fourth-order valence-corrected chi connectivity index (χ4v) is 2.09. The molecular weight excluding hydrogens is 170 g/mol. The molecule has 0 unspecified atom stereocenters. The Balaban J connectivity index is 2.12. The molecule has 75 valence electrons. The van der Waals surface area contributed by atoms with Crippen LogP contribution in [0.5, 0.6) is 0 Å². The van der Waals surface area contributed by atoms with E-state index in [1.165, 1.54) is 37.2 Å². The zero-order chi connectivity index (χ0) is 9.97. The third-order valence-corrected chi connectivity index (χ3v) is 3.07. The molecule has 0 spiro atoms. The molecule has 1 heteroatoms. The maximum atomic E-state index is 4.12. The lowest BCUT2D eigenvalue weighted by atomic mass is 9.98. The van der Waals surface area contributed by atoms with Crippen molar-refractivity contribution in [1.82, 2.24) is 0 Å². The van der Waals surface area contributed by atoms with Crippen molar-refractivity contribution < 1.29 is 0 Å². The SMILES string of the molecule is [CH2]C1CCN(c2ccccc2C)CC1. The normalized spacial score (nSPS) is 18.6. The number of hydrogen-bond acceptors (Lipinski definition) is 1. The fraction of sp³-hybridized carbons (Fsp3) is 0.462. The molecule has 2 rings (SSSR count). The average Bonchev–Trinajstić information content (AvgIpc) is 2.20. The molecule has 0 bridgehead atoms. The summed E-state index contributed by atoms with van der Waals surface area (Å²) >= 11 is 0. The van der Waals surface area contributed by atoms with Crippen molar-refractivity contribution >= 4 is 5.69 Å². The molecule has 0 N–H and O–H groups in total. The Morgan fingerprint density at radius 3 is 2.50 bits per heavy atom. The highest BCUT2D eigenvalue weighted by Gasteiger charge is 2.16. The van der Waals surface area contributed by atoms with Crippen molar-refractivity contribution in [1.29, 1.82) is 0 Å². The van der Waals surface area contributed by atoms with Gasteiger partial charge in [-0.3, -0.25) is 0 Å². The number of aryl methyl sites for hydroxylation is 1. The first-order chi connectivity index (χ1) is 6.77. The van der Waals surface area contributed by atoms with Crippen LogP contribution in [0.25, 0.3) is 0 Å². The molecule has 1 aromatic carbocycles. The Hall–Kier alpha value is -0.980. The summed E-state index contributed by atoms with van der Waals surface area (Å²) in [6.07, 6.45) is 2.46. The van der Waals surface area contributed by atoms with Crippen LogP contribution < -0.4 is 4.90 Å². The van der Waals surface area contributed by atoms with E-state index in [9.17, 15) is 0 Å². The minimum atomic E-state index is 0.662. The van der Waals surface area contributed by atoms with E-state index in [1.807, 2.05) is 0 Å². The van der Waals surface area contributed by atoms with Crippen molar-refractivity contribution in [3.63, 3.8) is 0 Å². The van der Waals surface area contributed by atoms with Gasteiger partial charge in [0.15, 0.2) is 0 Å². The molecule has 0 aliphatic carbocycles. The Labute approximate surface area is 86.7 Å². The van der Waals surface area contributed by atoms with Crippen LogP contribution in [0.1, 0.15) is 18.4 Å². The van der Waals surface area contributed by atoms with E-state index in [2.05, 4.69) is 43.0 Å². The van der Waals surface area contributed by atoms with Crippen LogP contribution in [0.4, 0.5) is 5.69 Å². The predicted molar refractivity (Wildman–Crippen MR) is 61.5 cm³/mol. The summed E-state index contributed by atoms with van der Waals surface area (Å²) in [6, 6.07) is 8.63. The van der Waals surface area contributed by atoms with E-state index in [4.69, 9.17) is 0 Å². The van der Waals surface area contributed by atoms with Gasteiger partial charge in [-0.25, -0.2) is 0 Å². The summed E-state index contributed by atoms with van der Waals surface area (Å²) < 4.78 is 0. The van der Waals surface area contributed by atoms with Crippen LogP contribution in [-0.2, 0) is 0 Å². The van der Waals surface area contributed by atoms with E-state index in [0.717, 1.165) is 0 Å². The fourth-order valence-electron chi connectivity index (χ4n) is 2.09. The Kier molecular flexibility index (Phi) is 2.76. The van der Waals surface area contributed by atoms with Crippen LogP contribution in [0, 0.1) is 19.8 Å². The predicted octanol–water partition coefficient (Wildman–Crippen LogP) is 3.05. The van der Waals surface area contributed by atoms with Gasteiger partial charge in [0, 0.05) is 18.8 Å². The summed E-state index contributed by atoms with van der Waals surface area (Å²) in [6.45, 7) is 8.64. The van der Waals surface area contributed by atoms with Crippen LogP contribution in [0.2, 0.25) is 0 Å². The Morgan fingerprint density at radius 1 is 1.21 bits per heavy atom. The smallest absolute Gasteiger partial charge is 0.0395 e. The van der Waals surface area contributed by atoms with Gasteiger partial charge in [0.25, 0.3) is 0 Å². The summed E-state index contributed by atoms with van der Waals surface area (Å²) in [7, 11) is 0. The van der Waals surface area contributed by atoms with E-state index in [0.29, 0.717) is 5.92 Å². The number of piperidine rings is 1. The first kappa shape index (κ1) is 9.57. The first-order valence-electron chi connectivity index (χ1n) is 5.41. The number of benzene rings is 1. The minimum absolute atomic E-state index is 0.662. The number of nitrogens with zero attached hydrogens (tertiary/aromatic N) is 1. The summed E-state index contributed by atoms with van der Waals surface area (Å²) in [5.41, 5.74) is 2.79. The Morgan fingerprint density at radius 2 is 1.86 bits per heavy atom. The summed E-state index contributed by atoms with van der Waals surface area (Å²) in [4.78, 5) is 2.48. The first-order valence-corrected chi connectivity index (χ1v) is 5.41. The molecule has 0 aromatic heterocycles. The van der Waals surface area contributed by atoms with Crippen LogP contribution in [0.3, 0.4) is 0 Å². The second-order valence-corrected chi connectivity index (χ2v) is 4.22. The van der Waals surface area contributed by atoms with E-state index < -0.39 is 0 Å². The molecule has 1 saturated heterocycles. The van der Waals surface area contributed by atoms with Gasteiger partial charge in [0.05, 0.1) is 0 Å². The molecule has 0 atom stereocenters. The molecule has 1 radical (unpaired) electrons. The van der Waals surface area contributed by atoms with Gasteiger partial charge in [-0.15, -0.1) is 0 Å². The molecule has 1 aromatic rings. The maximum Gasteiger partial charge on any atom is 0.0395 e. The van der Waals surface area contributed by atoms with Crippen molar-refractivity contribution in [2.24, 2.45) is 5.92 Å². The van der Waals surface area contributed by atoms with Crippen LogP contribution >= 0.6 is 0 Å². The van der Waals surface area contributed by atoms with Crippen molar-refractivity contribution in [2.75, 3.05) is 18.0 Å². The van der Waals surface area contributed by atoms with Crippen LogP contribution in [-0.4, -0.2) is 13.1 Å².